The lowest BCUT2D eigenvalue weighted by molar-refractivity contribution is 0.390. The van der Waals surface area contributed by atoms with E-state index in [2.05, 4.69) is 6.07 Å². The van der Waals surface area contributed by atoms with Crippen LogP contribution in [0.15, 0.2) is 48.5 Å². The van der Waals surface area contributed by atoms with Gasteiger partial charge < -0.3 is 9.47 Å². The van der Waals surface area contributed by atoms with E-state index in [4.69, 9.17) is 9.47 Å². The summed E-state index contributed by atoms with van der Waals surface area (Å²) in [6, 6.07) is 17.9. The number of nitriles is 1. The molecule has 0 amide bonds. The van der Waals surface area contributed by atoms with Crippen LogP contribution in [-0.2, 0) is 6.42 Å². The number of ether oxygens (including phenoxy) is 2. The Morgan fingerprint density at radius 2 is 1.80 bits per heavy atom. The topological polar surface area (TPSA) is 42.2 Å². The maximum atomic E-state index is 9.45. The molecule has 0 aliphatic carbocycles. The number of nitrogens with zero attached hydrogens (tertiary/aromatic N) is 1. The lowest BCUT2D eigenvalue weighted by Gasteiger charge is -2.15. The number of rotatable bonds is 5. The highest BCUT2D eigenvalue weighted by atomic mass is 16.5. The molecular formula is C17H17NO2. The van der Waals surface area contributed by atoms with Gasteiger partial charge in [-0.25, -0.2) is 0 Å². The second kappa shape index (κ2) is 6.63. The van der Waals surface area contributed by atoms with Crippen LogP contribution in [0.3, 0.4) is 0 Å². The summed E-state index contributed by atoms with van der Waals surface area (Å²) >= 11 is 0. The van der Waals surface area contributed by atoms with Crippen molar-refractivity contribution >= 4 is 0 Å². The Balaban J connectivity index is 2.30. The zero-order chi connectivity index (χ0) is 14.4. The minimum absolute atomic E-state index is 0.238. The van der Waals surface area contributed by atoms with Crippen molar-refractivity contribution in [3.8, 4) is 17.6 Å². The van der Waals surface area contributed by atoms with Crippen LogP contribution in [0.5, 0.6) is 11.5 Å². The molecule has 0 aliphatic heterocycles. The van der Waals surface area contributed by atoms with E-state index in [1.165, 1.54) is 0 Å². The molecule has 1 atom stereocenters. The molecule has 3 nitrogen and oxygen atoms in total. The summed E-state index contributed by atoms with van der Waals surface area (Å²) in [7, 11) is 3.22. The van der Waals surface area contributed by atoms with Crippen LogP contribution >= 0.6 is 0 Å². The summed E-state index contributed by atoms with van der Waals surface area (Å²) in [4.78, 5) is 0. The van der Waals surface area contributed by atoms with Gasteiger partial charge in [0.05, 0.1) is 26.2 Å². The highest BCUT2D eigenvalue weighted by Crippen LogP contribution is 2.32. The Hall–Kier alpha value is -2.47. The highest BCUT2D eigenvalue weighted by molar-refractivity contribution is 5.45. The molecule has 2 aromatic rings. The molecule has 3 heteroatoms. The minimum atomic E-state index is -0.238. The van der Waals surface area contributed by atoms with Crippen LogP contribution in [0.25, 0.3) is 0 Å². The van der Waals surface area contributed by atoms with Crippen molar-refractivity contribution in [3.63, 3.8) is 0 Å². The van der Waals surface area contributed by atoms with Gasteiger partial charge in [-0.3, -0.25) is 0 Å². The summed E-state index contributed by atoms with van der Waals surface area (Å²) < 4.78 is 10.6. The van der Waals surface area contributed by atoms with Gasteiger partial charge in [-0.05, 0) is 18.1 Å². The molecule has 20 heavy (non-hydrogen) atoms. The molecule has 0 bridgehead atoms. The molecule has 102 valence electrons. The van der Waals surface area contributed by atoms with Gasteiger partial charge in [0.2, 0.25) is 0 Å². The van der Waals surface area contributed by atoms with Gasteiger partial charge in [0, 0.05) is 11.6 Å². The van der Waals surface area contributed by atoms with E-state index < -0.39 is 0 Å². The molecule has 0 heterocycles. The van der Waals surface area contributed by atoms with E-state index in [1.54, 1.807) is 14.2 Å². The van der Waals surface area contributed by atoms with Crippen LogP contribution < -0.4 is 9.47 Å². The third-order valence-electron chi connectivity index (χ3n) is 3.25. The van der Waals surface area contributed by atoms with E-state index in [1.807, 2.05) is 48.5 Å². The first-order chi connectivity index (χ1) is 9.78. The zero-order valence-corrected chi connectivity index (χ0v) is 11.7. The molecule has 1 unspecified atom stereocenters. The normalized spacial score (nSPS) is 11.4. The summed E-state index contributed by atoms with van der Waals surface area (Å²) in [6.45, 7) is 0. The van der Waals surface area contributed by atoms with Gasteiger partial charge in [-0.15, -0.1) is 0 Å². The lowest BCUT2D eigenvalue weighted by atomic mass is 9.92. The van der Waals surface area contributed by atoms with Crippen molar-refractivity contribution < 1.29 is 9.47 Å². The molecule has 0 saturated heterocycles. The lowest BCUT2D eigenvalue weighted by Crippen LogP contribution is -2.03. The summed E-state index contributed by atoms with van der Waals surface area (Å²) in [5.41, 5.74) is 2.02. The molecule has 0 fully saturated rings. The molecule has 2 aromatic carbocycles. The first-order valence-corrected chi connectivity index (χ1v) is 6.44. The Labute approximate surface area is 119 Å². The van der Waals surface area contributed by atoms with E-state index in [0.717, 1.165) is 16.9 Å². The Bertz CT molecular complexity index is 602. The number of hydrogen-bond donors (Lipinski definition) is 0. The monoisotopic (exact) mass is 267 g/mol. The standard InChI is InChI=1S/C17H17NO2/c1-19-15-8-9-16(17(11-15)20-2)14(12-18)10-13-6-4-3-5-7-13/h3-9,11,14H,10H2,1-2H3. The van der Waals surface area contributed by atoms with E-state index >= 15 is 0 Å². The Morgan fingerprint density at radius 1 is 1.05 bits per heavy atom. The number of benzene rings is 2. The second-order valence-corrected chi connectivity index (χ2v) is 4.48. The first-order valence-electron chi connectivity index (χ1n) is 6.44. The Kier molecular flexibility index (Phi) is 4.62. The van der Waals surface area contributed by atoms with Gasteiger partial charge >= 0.3 is 0 Å². The number of methoxy groups -OCH3 is 2. The molecule has 0 radical (unpaired) electrons. The average Bonchev–Trinajstić information content (AvgIpc) is 2.53. The van der Waals surface area contributed by atoms with Crippen LogP contribution in [0.1, 0.15) is 17.0 Å². The maximum Gasteiger partial charge on any atom is 0.127 e. The smallest absolute Gasteiger partial charge is 0.127 e. The second-order valence-electron chi connectivity index (χ2n) is 4.48. The van der Waals surface area contributed by atoms with E-state index in [0.29, 0.717) is 12.2 Å². The van der Waals surface area contributed by atoms with Crippen molar-refractivity contribution in [1.82, 2.24) is 0 Å². The molecule has 0 N–H and O–H groups in total. The fourth-order valence-electron chi connectivity index (χ4n) is 2.18. The van der Waals surface area contributed by atoms with Crippen LogP contribution in [-0.4, -0.2) is 14.2 Å². The predicted octanol–water partition coefficient (Wildman–Crippen LogP) is 3.55. The molecule has 0 aliphatic rings. The van der Waals surface area contributed by atoms with E-state index in [-0.39, 0.29) is 5.92 Å². The van der Waals surface area contributed by atoms with Crippen molar-refractivity contribution in [3.05, 3.63) is 59.7 Å². The van der Waals surface area contributed by atoms with Crippen molar-refractivity contribution in [1.29, 1.82) is 5.26 Å². The van der Waals surface area contributed by atoms with Crippen molar-refractivity contribution in [2.24, 2.45) is 0 Å². The predicted molar refractivity (Wildman–Crippen MR) is 78.0 cm³/mol. The van der Waals surface area contributed by atoms with E-state index in [9.17, 15) is 5.26 Å². The fraction of sp³-hybridized carbons (Fsp3) is 0.235. The average molecular weight is 267 g/mol. The summed E-state index contributed by atoms with van der Waals surface area (Å²) in [5, 5.41) is 9.45. The third-order valence-corrected chi connectivity index (χ3v) is 3.25. The molecular weight excluding hydrogens is 250 g/mol. The summed E-state index contributed by atoms with van der Waals surface area (Å²) in [6.07, 6.45) is 0.667. The molecule has 2 rings (SSSR count). The quantitative estimate of drug-likeness (QED) is 0.832. The van der Waals surface area contributed by atoms with Gasteiger partial charge in [0.15, 0.2) is 0 Å². The fourth-order valence-corrected chi connectivity index (χ4v) is 2.18. The summed E-state index contributed by atoms with van der Waals surface area (Å²) in [5.74, 6) is 1.17. The van der Waals surface area contributed by atoms with Crippen LogP contribution in [0.4, 0.5) is 0 Å². The van der Waals surface area contributed by atoms with Crippen LogP contribution in [0.2, 0.25) is 0 Å². The molecule has 0 aromatic heterocycles. The van der Waals surface area contributed by atoms with Crippen LogP contribution in [0, 0.1) is 11.3 Å². The zero-order valence-electron chi connectivity index (χ0n) is 11.7. The van der Waals surface area contributed by atoms with Gasteiger partial charge in [-0.1, -0.05) is 36.4 Å². The Morgan fingerprint density at radius 3 is 2.40 bits per heavy atom. The number of hydrogen-bond acceptors (Lipinski definition) is 3. The third kappa shape index (κ3) is 3.10. The van der Waals surface area contributed by atoms with Crippen molar-refractivity contribution in [2.45, 2.75) is 12.3 Å². The molecule has 0 spiro atoms. The van der Waals surface area contributed by atoms with Crippen molar-refractivity contribution in [2.75, 3.05) is 14.2 Å². The van der Waals surface area contributed by atoms with Gasteiger partial charge in [-0.2, -0.15) is 5.26 Å². The largest absolute Gasteiger partial charge is 0.497 e. The van der Waals surface area contributed by atoms with Gasteiger partial charge in [0.25, 0.3) is 0 Å². The first kappa shape index (κ1) is 14.0. The minimum Gasteiger partial charge on any atom is -0.497 e. The van der Waals surface area contributed by atoms with Gasteiger partial charge in [0.1, 0.15) is 11.5 Å². The maximum absolute atomic E-state index is 9.45. The molecule has 0 saturated carbocycles. The SMILES string of the molecule is COc1ccc(C(C#N)Cc2ccccc2)c(OC)c1. The highest BCUT2D eigenvalue weighted by Gasteiger charge is 2.17.